The lowest BCUT2D eigenvalue weighted by molar-refractivity contribution is -0.161. The van der Waals surface area contributed by atoms with Crippen LogP contribution in [0.5, 0.6) is 0 Å². The molecule has 490 valence electrons. The second kappa shape index (κ2) is 60.7. The van der Waals surface area contributed by atoms with Crippen molar-refractivity contribution in [2.75, 3.05) is 39.6 Å². The molecule has 0 aliphatic heterocycles. The summed E-state index contributed by atoms with van der Waals surface area (Å²) in [6, 6.07) is 0. The first-order chi connectivity index (χ1) is 41.2. The van der Waals surface area contributed by atoms with Gasteiger partial charge >= 0.3 is 33.6 Å². The van der Waals surface area contributed by atoms with Crippen LogP contribution < -0.4 is 0 Å². The summed E-state index contributed by atoms with van der Waals surface area (Å²) in [6.45, 7) is 2.46. The fourth-order valence-corrected chi connectivity index (χ4v) is 9.89. The summed E-state index contributed by atoms with van der Waals surface area (Å²) in [6.07, 6.45) is 64.7. The minimum Gasteiger partial charge on any atom is -0.463 e. The number of aliphatic hydroxyl groups is 2. The number of rotatable bonds is 61. The first-order valence-electron chi connectivity index (χ1n) is 32.5. The van der Waals surface area contributed by atoms with Gasteiger partial charge in [0, 0.05) is 19.3 Å². The van der Waals surface area contributed by atoms with Crippen molar-refractivity contribution in [1.82, 2.24) is 0 Å². The summed E-state index contributed by atoms with van der Waals surface area (Å²) < 4.78 is 60.7. The lowest BCUT2D eigenvalue weighted by atomic mass is 10.1. The van der Waals surface area contributed by atoms with Crippen LogP contribution in [0.25, 0.3) is 0 Å². The lowest BCUT2D eigenvalue weighted by Crippen LogP contribution is -2.30. The van der Waals surface area contributed by atoms with Gasteiger partial charge in [-0.1, -0.05) is 227 Å². The molecule has 0 radical (unpaired) electrons. The molecule has 0 bridgehead atoms. The Morgan fingerprint density at radius 1 is 0.341 bits per heavy atom. The molecule has 0 aromatic rings. The zero-order chi connectivity index (χ0) is 62.4. The monoisotopic (exact) mass is 1240 g/mol. The number of esters is 3. The highest BCUT2D eigenvalue weighted by Crippen LogP contribution is 2.45. The van der Waals surface area contributed by atoms with Crippen molar-refractivity contribution in [1.29, 1.82) is 0 Å². The van der Waals surface area contributed by atoms with E-state index in [1.807, 2.05) is 0 Å². The molecule has 0 rings (SSSR count). The molecule has 4 N–H and O–H groups in total. The number of phosphoric acid groups is 2. The fourth-order valence-electron chi connectivity index (χ4n) is 8.31. The zero-order valence-corrected chi connectivity index (χ0v) is 54.5. The van der Waals surface area contributed by atoms with Gasteiger partial charge in [0.1, 0.15) is 25.4 Å². The van der Waals surface area contributed by atoms with E-state index in [1.165, 1.54) is 57.8 Å². The van der Waals surface area contributed by atoms with Crippen LogP contribution in [0.4, 0.5) is 0 Å². The number of carbonyl (C=O) groups excluding carboxylic acids is 3. The molecule has 5 unspecified atom stereocenters. The number of allylic oxidation sites excluding steroid dienone is 16. The molecule has 0 aromatic carbocycles. The molecule has 0 spiro atoms. The molecule has 0 aliphatic rings. The largest absolute Gasteiger partial charge is 0.472 e. The molecule has 0 fully saturated rings. The van der Waals surface area contributed by atoms with E-state index in [2.05, 4.69) is 118 Å². The van der Waals surface area contributed by atoms with Crippen LogP contribution in [0.2, 0.25) is 0 Å². The summed E-state index contributed by atoms with van der Waals surface area (Å²) in [4.78, 5) is 58.2. The number of carbonyl (C=O) groups is 3. The van der Waals surface area contributed by atoms with Gasteiger partial charge in [0.25, 0.3) is 0 Å². The number of ether oxygens (including phenoxy) is 3. The standard InChI is InChI=1S/C67H116O16P2/c1-4-7-10-13-16-19-22-24-26-27-28-29-30-31-32-33-35-37-39-41-44-47-50-53-65(70)77-56-62(68)57-79-84(73,74)80-58-63(69)59-81-85(75,76)82-61-64(83-67(72)55-52-49-46-43-38-21-18-15-12-9-6-3)60-78-66(71)54-51-48-45-42-40-36-34-25-23-20-17-14-11-8-5-2/h7,10,16-17,19-20,24-26,28-29,31-32,34-35,37,62-64,68-69H,4-6,8-9,11-15,18,21-23,27,30,33,36,38-61H2,1-3H3,(H,73,74)(H,75,76)/b10-7-,19-16-,20-17-,26-24-,29-28-,32-31-,34-25-,37-35-. The van der Waals surface area contributed by atoms with Crippen LogP contribution in [-0.4, -0.2) is 95.9 Å². The van der Waals surface area contributed by atoms with E-state index in [0.29, 0.717) is 19.3 Å². The first kappa shape index (κ1) is 81.5. The molecular weight excluding hydrogens is 1120 g/mol. The van der Waals surface area contributed by atoms with E-state index in [-0.39, 0.29) is 19.3 Å². The van der Waals surface area contributed by atoms with Gasteiger partial charge < -0.3 is 34.2 Å². The summed E-state index contributed by atoms with van der Waals surface area (Å²) >= 11 is 0. The van der Waals surface area contributed by atoms with Crippen molar-refractivity contribution >= 4 is 33.6 Å². The zero-order valence-electron chi connectivity index (χ0n) is 52.8. The molecule has 0 saturated carbocycles. The van der Waals surface area contributed by atoms with Crippen molar-refractivity contribution in [3.05, 3.63) is 97.2 Å². The van der Waals surface area contributed by atoms with Crippen LogP contribution in [0.1, 0.15) is 252 Å². The van der Waals surface area contributed by atoms with E-state index < -0.39 is 91.5 Å². The van der Waals surface area contributed by atoms with Gasteiger partial charge in [-0.05, 0) is 103 Å². The van der Waals surface area contributed by atoms with Gasteiger partial charge in [-0.2, -0.15) is 0 Å². The third-order valence-corrected chi connectivity index (χ3v) is 15.2. The SMILES string of the molecule is CC/C=C\C/C=C\C/C=C\C/C=C\C/C=C\C/C=C\CCCCCCC(=O)OCC(O)COP(=O)(O)OCC(O)COP(=O)(O)OCC(COC(=O)CCCCCCC/C=C\C/C=C\CCCCC)OC(=O)CCCCCCCCCCCCC. The average molecular weight is 1240 g/mol. The Kier molecular flexibility index (Phi) is 58.2. The quantitative estimate of drug-likeness (QED) is 0.0146. The van der Waals surface area contributed by atoms with Crippen molar-refractivity contribution in [2.24, 2.45) is 0 Å². The maximum absolute atomic E-state index is 12.8. The normalized spacial score (nSPS) is 15.0. The fraction of sp³-hybridized carbons (Fsp3) is 0.716. The molecule has 85 heavy (non-hydrogen) atoms. The number of phosphoric ester groups is 2. The summed E-state index contributed by atoms with van der Waals surface area (Å²) in [7, 11) is -9.77. The van der Waals surface area contributed by atoms with E-state index in [4.69, 9.17) is 32.3 Å². The average Bonchev–Trinajstić information content (AvgIpc) is 3.60. The maximum Gasteiger partial charge on any atom is 0.472 e. The minimum atomic E-state index is -4.92. The topological polar surface area (TPSA) is 231 Å². The van der Waals surface area contributed by atoms with Gasteiger partial charge in [-0.25, -0.2) is 9.13 Å². The molecule has 18 heteroatoms. The van der Waals surface area contributed by atoms with E-state index >= 15 is 0 Å². The summed E-state index contributed by atoms with van der Waals surface area (Å²) in [5.41, 5.74) is 0. The summed E-state index contributed by atoms with van der Waals surface area (Å²) in [5.74, 6) is -1.61. The van der Waals surface area contributed by atoms with Crippen LogP contribution in [0.3, 0.4) is 0 Å². The van der Waals surface area contributed by atoms with Crippen molar-refractivity contribution in [3.8, 4) is 0 Å². The molecule has 0 amide bonds. The Hall–Kier alpha value is -3.53. The van der Waals surface area contributed by atoms with Gasteiger partial charge in [0.05, 0.1) is 26.4 Å². The van der Waals surface area contributed by atoms with E-state index in [1.54, 1.807) is 0 Å². The van der Waals surface area contributed by atoms with Gasteiger partial charge in [0.2, 0.25) is 0 Å². The Labute approximate surface area is 514 Å². The number of hydrogen-bond acceptors (Lipinski definition) is 14. The predicted octanol–water partition coefficient (Wildman–Crippen LogP) is 17.5. The number of aliphatic hydroxyl groups excluding tert-OH is 2. The smallest absolute Gasteiger partial charge is 0.463 e. The second-order valence-corrected chi connectivity index (χ2v) is 24.4. The molecule has 5 atom stereocenters. The Morgan fingerprint density at radius 3 is 1.01 bits per heavy atom. The molecule has 0 aliphatic carbocycles. The molecule has 0 heterocycles. The minimum absolute atomic E-state index is 0.103. The third kappa shape index (κ3) is 61.9. The van der Waals surface area contributed by atoms with Crippen LogP contribution in [0.15, 0.2) is 97.2 Å². The van der Waals surface area contributed by atoms with Gasteiger partial charge in [-0.15, -0.1) is 0 Å². The van der Waals surface area contributed by atoms with Crippen LogP contribution in [0, 0.1) is 0 Å². The Morgan fingerprint density at radius 2 is 0.624 bits per heavy atom. The van der Waals surface area contributed by atoms with Crippen molar-refractivity contribution in [3.63, 3.8) is 0 Å². The molecule has 16 nitrogen and oxygen atoms in total. The highest BCUT2D eigenvalue weighted by atomic mass is 31.2. The highest BCUT2D eigenvalue weighted by molar-refractivity contribution is 7.47. The Bertz CT molecular complexity index is 1940. The van der Waals surface area contributed by atoms with E-state index in [9.17, 15) is 43.5 Å². The molecule has 0 saturated heterocycles. The second-order valence-electron chi connectivity index (χ2n) is 21.5. The van der Waals surface area contributed by atoms with E-state index in [0.717, 1.165) is 135 Å². The third-order valence-electron chi connectivity index (χ3n) is 13.3. The molecular formula is C67H116O16P2. The van der Waals surface area contributed by atoms with Gasteiger partial charge in [0.15, 0.2) is 6.10 Å². The highest BCUT2D eigenvalue weighted by Gasteiger charge is 2.29. The van der Waals surface area contributed by atoms with Crippen molar-refractivity contribution < 1.29 is 75.8 Å². The Balaban J connectivity index is 4.58. The van der Waals surface area contributed by atoms with Crippen molar-refractivity contribution in [2.45, 2.75) is 270 Å². The van der Waals surface area contributed by atoms with Crippen LogP contribution in [-0.2, 0) is 55.8 Å². The summed E-state index contributed by atoms with van der Waals surface area (Å²) in [5, 5.41) is 20.5. The maximum atomic E-state index is 12.8. The van der Waals surface area contributed by atoms with Gasteiger partial charge in [-0.3, -0.25) is 32.5 Å². The first-order valence-corrected chi connectivity index (χ1v) is 35.5. The number of unbranched alkanes of at least 4 members (excludes halogenated alkanes) is 22. The number of hydrogen-bond donors (Lipinski definition) is 4. The molecule has 0 aromatic heterocycles. The van der Waals surface area contributed by atoms with Crippen LogP contribution >= 0.6 is 15.6 Å². The lowest BCUT2D eigenvalue weighted by Gasteiger charge is -2.21. The predicted molar refractivity (Wildman–Crippen MR) is 344 cm³/mol.